The molecular weight excluding hydrogens is 571 g/mol. The summed E-state index contributed by atoms with van der Waals surface area (Å²) in [7, 11) is 2.95. The lowest BCUT2D eigenvalue weighted by atomic mass is 10.00. The fourth-order valence-electron chi connectivity index (χ4n) is 4.34. The molecule has 1 aliphatic heterocycles. The fourth-order valence-corrected chi connectivity index (χ4v) is 5.05. The molecule has 0 unspecified atom stereocenters. The van der Waals surface area contributed by atoms with Crippen LogP contribution in [0.2, 0.25) is 10.0 Å². The number of halogens is 2. The number of hydrogen-bond acceptors (Lipinski definition) is 9. The molecule has 2 aromatic carbocycles. The van der Waals surface area contributed by atoms with E-state index >= 15 is 0 Å². The molecule has 11 nitrogen and oxygen atoms in total. The molecule has 214 valence electrons. The Balaban J connectivity index is 0.000000208. The number of primary amides is 1. The minimum Gasteiger partial charge on any atom is -0.495 e. The van der Waals surface area contributed by atoms with Crippen LogP contribution >= 0.6 is 23.2 Å². The van der Waals surface area contributed by atoms with Crippen LogP contribution in [-0.2, 0) is 6.54 Å². The number of fused-ring (bicyclic) bond motifs is 1. The highest BCUT2D eigenvalue weighted by Gasteiger charge is 2.23. The third kappa shape index (κ3) is 6.83. The number of nitrogens with zero attached hydrogens (tertiary/aromatic N) is 4. The Morgan fingerprint density at radius 3 is 2.15 bits per heavy atom. The molecule has 0 spiro atoms. The summed E-state index contributed by atoms with van der Waals surface area (Å²) in [6.07, 6.45) is 4.62. The van der Waals surface area contributed by atoms with Gasteiger partial charge in [0.15, 0.2) is 0 Å². The summed E-state index contributed by atoms with van der Waals surface area (Å²) >= 11 is 12.9. The summed E-state index contributed by atoms with van der Waals surface area (Å²) in [5, 5.41) is 13.2. The number of ether oxygens (including phenoxy) is 2. The second kappa shape index (κ2) is 13.6. The van der Waals surface area contributed by atoms with E-state index in [0.29, 0.717) is 33.8 Å². The van der Waals surface area contributed by atoms with Crippen molar-refractivity contribution < 1.29 is 24.2 Å². The largest absolute Gasteiger partial charge is 0.495 e. The average molecular weight is 599 g/mol. The number of carbonyl (C=O) groups is 2. The molecule has 0 radical (unpaired) electrons. The topological polar surface area (TPSA) is 153 Å². The van der Waals surface area contributed by atoms with Crippen molar-refractivity contribution in [3.63, 3.8) is 0 Å². The van der Waals surface area contributed by atoms with Crippen LogP contribution in [0.3, 0.4) is 0 Å². The van der Waals surface area contributed by atoms with Crippen LogP contribution in [0.25, 0.3) is 22.2 Å². The molecule has 0 saturated carbocycles. The van der Waals surface area contributed by atoms with E-state index in [0.717, 1.165) is 38.3 Å². The molecule has 0 aliphatic carbocycles. The first kappa shape index (κ1) is 29.9. The Morgan fingerprint density at radius 1 is 0.976 bits per heavy atom. The average Bonchev–Trinajstić information content (AvgIpc) is 2.98. The molecule has 1 amide bonds. The number of pyridine rings is 1. The van der Waals surface area contributed by atoms with E-state index in [1.54, 1.807) is 24.4 Å². The second-order valence-corrected chi connectivity index (χ2v) is 9.70. The van der Waals surface area contributed by atoms with Gasteiger partial charge in [-0.05, 0) is 17.7 Å². The normalized spacial score (nSPS) is 13.3. The highest BCUT2D eigenvalue weighted by atomic mass is 35.5. The predicted molar refractivity (Wildman–Crippen MR) is 156 cm³/mol. The maximum atomic E-state index is 11.4. The monoisotopic (exact) mass is 598 g/mol. The number of rotatable bonds is 7. The van der Waals surface area contributed by atoms with E-state index in [4.69, 9.17) is 38.4 Å². The van der Waals surface area contributed by atoms with Crippen LogP contribution in [0.1, 0.15) is 26.4 Å². The number of hydrogen-bond donors (Lipinski definition) is 3. The maximum Gasteiger partial charge on any atom is 0.337 e. The van der Waals surface area contributed by atoms with Gasteiger partial charge in [0.1, 0.15) is 22.7 Å². The first-order chi connectivity index (χ1) is 19.7. The summed E-state index contributed by atoms with van der Waals surface area (Å²) < 4.78 is 10.6. The van der Waals surface area contributed by atoms with Gasteiger partial charge >= 0.3 is 5.97 Å². The van der Waals surface area contributed by atoms with Gasteiger partial charge in [-0.2, -0.15) is 0 Å². The molecule has 1 fully saturated rings. The molecule has 0 atom stereocenters. The van der Waals surface area contributed by atoms with Gasteiger partial charge < -0.3 is 25.6 Å². The predicted octanol–water partition coefficient (Wildman–Crippen LogP) is 3.90. The molecule has 3 heterocycles. The Morgan fingerprint density at radius 2 is 1.61 bits per heavy atom. The minimum absolute atomic E-state index is 0.0361. The van der Waals surface area contributed by atoms with Gasteiger partial charge in [0.25, 0.3) is 5.91 Å². The lowest BCUT2D eigenvalue weighted by Crippen LogP contribution is -2.42. The van der Waals surface area contributed by atoms with Gasteiger partial charge in [-0.1, -0.05) is 35.3 Å². The van der Waals surface area contributed by atoms with Gasteiger partial charge in [0.05, 0.1) is 35.3 Å². The minimum atomic E-state index is -1.10. The van der Waals surface area contributed by atoms with Crippen LogP contribution in [0, 0.1) is 0 Å². The number of aromatic nitrogens is 3. The highest BCUT2D eigenvalue weighted by Crippen LogP contribution is 2.47. The summed E-state index contributed by atoms with van der Waals surface area (Å²) in [5.41, 5.74) is 8.17. The van der Waals surface area contributed by atoms with Crippen molar-refractivity contribution in [1.82, 2.24) is 25.2 Å². The Labute approximate surface area is 246 Å². The van der Waals surface area contributed by atoms with E-state index in [-0.39, 0.29) is 21.1 Å². The molecule has 4 aromatic rings. The third-order valence-corrected chi connectivity index (χ3v) is 7.14. The molecule has 1 saturated heterocycles. The number of nitrogens with one attached hydrogen (secondary N) is 1. The number of nitrogens with two attached hydrogens (primary N) is 1. The van der Waals surface area contributed by atoms with Crippen molar-refractivity contribution in [2.75, 3.05) is 40.4 Å². The van der Waals surface area contributed by atoms with Gasteiger partial charge in [0.2, 0.25) is 0 Å². The molecule has 0 bridgehead atoms. The van der Waals surface area contributed by atoms with Crippen molar-refractivity contribution in [2.45, 2.75) is 6.54 Å². The quantitative estimate of drug-likeness (QED) is 0.285. The lowest BCUT2D eigenvalue weighted by molar-refractivity contribution is 0.0698. The number of aromatic carboxylic acids is 1. The van der Waals surface area contributed by atoms with Crippen molar-refractivity contribution in [3.05, 3.63) is 75.8 Å². The summed E-state index contributed by atoms with van der Waals surface area (Å²) in [6, 6.07) is 8.20. The molecule has 1 aliphatic rings. The standard InChI is InChI=1S/C17H12Cl2N2O4.C11H16N4O/c1-24-10-7-11(25-2)14(19)12(13(10)18)8-3-4-9(17(22)23)16-15(8)20-5-6-21-16;12-11(16)10-2-1-9(7-14-10)8-15-5-3-13-4-6-15/h3-7H,1-2H3,(H,22,23);1-2,7,13H,3-6,8H2,(H2,12,16). The highest BCUT2D eigenvalue weighted by molar-refractivity contribution is 6.41. The van der Waals surface area contributed by atoms with Crippen molar-refractivity contribution in [1.29, 1.82) is 0 Å². The smallest absolute Gasteiger partial charge is 0.337 e. The molecule has 13 heteroatoms. The first-order valence-corrected chi connectivity index (χ1v) is 13.3. The van der Waals surface area contributed by atoms with E-state index < -0.39 is 11.9 Å². The number of amides is 1. The summed E-state index contributed by atoms with van der Waals surface area (Å²) in [6.45, 7) is 5.06. The number of carboxylic acid groups (broad SMARTS) is 1. The van der Waals surface area contributed by atoms with E-state index in [1.807, 2.05) is 6.07 Å². The number of carboxylic acids is 1. The van der Waals surface area contributed by atoms with E-state index in [2.05, 4.69) is 25.2 Å². The van der Waals surface area contributed by atoms with Gasteiger partial charge in [-0.3, -0.25) is 24.6 Å². The third-order valence-electron chi connectivity index (χ3n) is 6.39. The zero-order valence-corrected chi connectivity index (χ0v) is 23.9. The van der Waals surface area contributed by atoms with Gasteiger partial charge in [0, 0.05) is 68.5 Å². The molecule has 2 aromatic heterocycles. The SMILES string of the molecule is COc1cc(OC)c(Cl)c(-c2ccc(C(=O)O)c3nccnc23)c1Cl.NC(=O)c1ccc(CN2CCNCC2)cn1. The summed E-state index contributed by atoms with van der Waals surface area (Å²) in [4.78, 5) is 37.1. The Hall–Kier alpha value is -4.03. The number of piperazine rings is 1. The van der Waals surface area contributed by atoms with Crippen molar-refractivity contribution in [3.8, 4) is 22.6 Å². The summed E-state index contributed by atoms with van der Waals surface area (Å²) in [5.74, 6) is -0.833. The van der Waals surface area contributed by atoms with Crippen LogP contribution in [-0.4, -0.2) is 77.2 Å². The van der Waals surface area contributed by atoms with Crippen LogP contribution in [0.4, 0.5) is 0 Å². The van der Waals surface area contributed by atoms with Crippen LogP contribution in [0.5, 0.6) is 11.5 Å². The number of carbonyl (C=O) groups excluding carboxylic acids is 1. The Kier molecular flexibility index (Phi) is 9.90. The van der Waals surface area contributed by atoms with Crippen LogP contribution < -0.4 is 20.5 Å². The van der Waals surface area contributed by atoms with Crippen molar-refractivity contribution in [2.24, 2.45) is 5.73 Å². The van der Waals surface area contributed by atoms with E-state index in [1.165, 1.54) is 32.7 Å². The number of benzene rings is 2. The molecular formula is C28H28Cl2N6O5. The Bertz CT molecular complexity index is 1530. The van der Waals surface area contributed by atoms with Gasteiger partial charge in [-0.25, -0.2) is 4.79 Å². The molecule has 5 rings (SSSR count). The van der Waals surface area contributed by atoms with E-state index in [9.17, 15) is 14.7 Å². The fraction of sp³-hybridized carbons (Fsp3) is 0.250. The second-order valence-electron chi connectivity index (χ2n) is 8.95. The van der Waals surface area contributed by atoms with Crippen LogP contribution in [0.15, 0.2) is 48.9 Å². The van der Waals surface area contributed by atoms with Crippen molar-refractivity contribution >= 4 is 46.1 Å². The first-order valence-electron chi connectivity index (χ1n) is 12.5. The maximum absolute atomic E-state index is 11.4. The number of methoxy groups -OCH3 is 2. The molecule has 4 N–H and O–H groups in total. The molecule has 41 heavy (non-hydrogen) atoms. The lowest BCUT2D eigenvalue weighted by Gasteiger charge is -2.26. The zero-order valence-electron chi connectivity index (χ0n) is 22.4. The zero-order chi connectivity index (χ0) is 29.5. The van der Waals surface area contributed by atoms with Gasteiger partial charge in [-0.15, -0.1) is 0 Å².